The summed E-state index contributed by atoms with van der Waals surface area (Å²) in [6.45, 7) is 3.90. The van der Waals surface area contributed by atoms with E-state index in [9.17, 15) is 12.8 Å². The van der Waals surface area contributed by atoms with E-state index in [1.165, 1.54) is 31.1 Å². The van der Waals surface area contributed by atoms with Crippen LogP contribution in [0.3, 0.4) is 0 Å². The number of hydrogen-bond acceptors (Lipinski definition) is 6. The molecule has 0 aliphatic carbocycles. The predicted octanol–water partition coefficient (Wildman–Crippen LogP) is 3.90. The van der Waals surface area contributed by atoms with Gasteiger partial charge >= 0.3 is 0 Å². The minimum absolute atomic E-state index is 0.187. The quantitative estimate of drug-likeness (QED) is 0.500. The molecular formula is C20H22FN5O3S. The second-order valence-corrected chi connectivity index (χ2v) is 7.99. The van der Waals surface area contributed by atoms with Crippen molar-refractivity contribution >= 4 is 27.4 Å². The molecular weight excluding hydrogens is 409 g/mol. The zero-order valence-electron chi connectivity index (χ0n) is 16.7. The number of anilines is 3. The molecule has 8 nitrogen and oxygen atoms in total. The monoisotopic (exact) mass is 431 g/mol. The lowest BCUT2D eigenvalue weighted by atomic mass is 10.1. The minimum Gasteiger partial charge on any atom is -0.452 e. The molecule has 3 N–H and O–H groups in total. The highest BCUT2D eigenvalue weighted by Crippen LogP contribution is 2.33. The zero-order chi connectivity index (χ0) is 21.7. The fourth-order valence-electron chi connectivity index (χ4n) is 2.59. The molecule has 0 atom stereocenters. The standard InChI is InChI=1S/C20H22FN5O3S/c1-4-14-5-7-15(8-6-14)25-16-11-23-12-18(13(16)2)29-17-9-10-24-20(19(17)21)26-30(27,28)22-3/h5-12,22,25H,4H2,1-3H3,(H,24,26). The Hall–Kier alpha value is -3.24. The van der Waals surface area contributed by atoms with E-state index in [1.807, 2.05) is 40.6 Å². The van der Waals surface area contributed by atoms with Gasteiger partial charge in [0, 0.05) is 30.6 Å². The van der Waals surface area contributed by atoms with Crippen molar-refractivity contribution in [2.24, 2.45) is 0 Å². The maximum Gasteiger partial charge on any atom is 0.300 e. The van der Waals surface area contributed by atoms with E-state index in [4.69, 9.17) is 4.74 Å². The summed E-state index contributed by atoms with van der Waals surface area (Å²) in [4.78, 5) is 7.86. The third-order valence-electron chi connectivity index (χ3n) is 4.38. The summed E-state index contributed by atoms with van der Waals surface area (Å²) >= 11 is 0. The molecule has 0 radical (unpaired) electrons. The van der Waals surface area contributed by atoms with Crippen molar-refractivity contribution in [2.45, 2.75) is 20.3 Å². The molecule has 0 bridgehead atoms. The highest BCUT2D eigenvalue weighted by atomic mass is 32.2. The number of rotatable bonds is 8. The van der Waals surface area contributed by atoms with Crippen LogP contribution in [0.15, 0.2) is 48.9 Å². The lowest BCUT2D eigenvalue weighted by Gasteiger charge is -2.15. The molecule has 1 aromatic carbocycles. The van der Waals surface area contributed by atoms with Crippen molar-refractivity contribution in [2.75, 3.05) is 17.1 Å². The number of halogens is 1. The largest absolute Gasteiger partial charge is 0.452 e. The van der Waals surface area contributed by atoms with Gasteiger partial charge in [-0.25, -0.2) is 9.71 Å². The first kappa shape index (κ1) is 21.5. The molecule has 10 heteroatoms. The van der Waals surface area contributed by atoms with Crippen LogP contribution >= 0.6 is 0 Å². The van der Waals surface area contributed by atoms with Gasteiger partial charge in [0.15, 0.2) is 17.3 Å². The third-order valence-corrected chi connectivity index (χ3v) is 5.38. The van der Waals surface area contributed by atoms with Crippen molar-refractivity contribution in [1.29, 1.82) is 0 Å². The fraction of sp³-hybridized carbons (Fsp3) is 0.200. The summed E-state index contributed by atoms with van der Waals surface area (Å²) in [6, 6.07) is 9.30. The Kier molecular flexibility index (Phi) is 6.48. The highest BCUT2D eigenvalue weighted by molar-refractivity contribution is 7.90. The molecule has 158 valence electrons. The lowest BCUT2D eigenvalue weighted by Crippen LogP contribution is -2.27. The van der Waals surface area contributed by atoms with Crippen LogP contribution in [0.2, 0.25) is 0 Å². The van der Waals surface area contributed by atoms with Gasteiger partial charge in [0.25, 0.3) is 10.2 Å². The van der Waals surface area contributed by atoms with Gasteiger partial charge in [-0.2, -0.15) is 12.8 Å². The lowest BCUT2D eigenvalue weighted by molar-refractivity contribution is 0.438. The molecule has 0 spiro atoms. The summed E-state index contributed by atoms with van der Waals surface area (Å²) in [6.07, 6.45) is 5.30. The molecule has 0 fully saturated rings. The smallest absolute Gasteiger partial charge is 0.300 e. The van der Waals surface area contributed by atoms with Gasteiger partial charge in [-0.3, -0.25) is 9.71 Å². The Labute approximate surface area is 174 Å². The van der Waals surface area contributed by atoms with Crippen molar-refractivity contribution in [1.82, 2.24) is 14.7 Å². The number of benzene rings is 1. The molecule has 0 saturated heterocycles. The molecule has 3 rings (SSSR count). The molecule has 0 amide bonds. The first-order valence-electron chi connectivity index (χ1n) is 9.17. The number of hydrogen-bond donors (Lipinski definition) is 3. The van der Waals surface area contributed by atoms with E-state index in [-0.39, 0.29) is 5.75 Å². The summed E-state index contributed by atoms with van der Waals surface area (Å²) in [5.41, 5.74) is 3.51. The Morgan fingerprint density at radius 3 is 2.50 bits per heavy atom. The first-order chi connectivity index (χ1) is 14.3. The van der Waals surface area contributed by atoms with E-state index < -0.39 is 21.8 Å². The van der Waals surface area contributed by atoms with E-state index in [2.05, 4.69) is 22.2 Å². The highest BCUT2D eigenvalue weighted by Gasteiger charge is 2.17. The SMILES string of the molecule is CCc1ccc(Nc2cncc(Oc3ccnc(NS(=O)(=O)NC)c3F)c2C)cc1. The maximum atomic E-state index is 14.7. The number of pyridine rings is 2. The Morgan fingerprint density at radius 1 is 1.10 bits per heavy atom. The van der Waals surface area contributed by atoms with Crippen LogP contribution in [-0.4, -0.2) is 25.4 Å². The normalized spacial score (nSPS) is 11.2. The van der Waals surface area contributed by atoms with E-state index >= 15 is 0 Å². The topological polar surface area (TPSA) is 105 Å². The van der Waals surface area contributed by atoms with Crippen LogP contribution in [-0.2, 0) is 16.6 Å². The molecule has 3 aromatic rings. The summed E-state index contributed by atoms with van der Waals surface area (Å²) in [5.74, 6) is -1.28. The van der Waals surface area contributed by atoms with Gasteiger partial charge in [0.1, 0.15) is 0 Å². The van der Waals surface area contributed by atoms with Crippen molar-refractivity contribution in [3.63, 3.8) is 0 Å². The summed E-state index contributed by atoms with van der Waals surface area (Å²) in [7, 11) is -2.72. The van der Waals surface area contributed by atoms with Gasteiger partial charge in [0.2, 0.25) is 5.82 Å². The minimum atomic E-state index is -3.92. The third kappa shape index (κ3) is 5.02. The van der Waals surface area contributed by atoms with E-state index in [0.717, 1.165) is 12.1 Å². The summed E-state index contributed by atoms with van der Waals surface area (Å²) < 4.78 is 47.6. The number of ether oxygens (including phenoxy) is 1. The van der Waals surface area contributed by atoms with Gasteiger partial charge < -0.3 is 10.1 Å². The fourth-order valence-corrected chi connectivity index (χ4v) is 3.09. The molecule has 0 aliphatic heterocycles. The van der Waals surface area contributed by atoms with Gasteiger partial charge in [-0.15, -0.1) is 0 Å². The zero-order valence-corrected chi connectivity index (χ0v) is 17.5. The van der Waals surface area contributed by atoms with Crippen LogP contribution in [0.1, 0.15) is 18.1 Å². The Balaban J connectivity index is 1.84. The Bertz CT molecular complexity index is 1140. The maximum absolute atomic E-state index is 14.7. The first-order valence-corrected chi connectivity index (χ1v) is 10.7. The van der Waals surface area contributed by atoms with Crippen molar-refractivity contribution in [3.05, 3.63) is 65.9 Å². The number of nitrogens with one attached hydrogen (secondary N) is 3. The molecule has 2 heterocycles. The van der Waals surface area contributed by atoms with Crippen LogP contribution in [0.25, 0.3) is 0 Å². The molecule has 0 saturated carbocycles. The van der Waals surface area contributed by atoms with E-state index in [0.29, 0.717) is 17.0 Å². The average Bonchev–Trinajstić information content (AvgIpc) is 2.74. The molecule has 2 aromatic heterocycles. The van der Waals surface area contributed by atoms with E-state index in [1.54, 1.807) is 6.20 Å². The molecule has 30 heavy (non-hydrogen) atoms. The predicted molar refractivity (Wildman–Crippen MR) is 114 cm³/mol. The van der Waals surface area contributed by atoms with Gasteiger partial charge in [-0.05, 0) is 31.0 Å². The van der Waals surface area contributed by atoms with Gasteiger partial charge in [-0.1, -0.05) is 19.1 Å². The number of aromatic nitrogens is 2. The second kappa shape index (κ2) is 9.06. The number of aryl methyl sites for hydroxylation is 1. The van der Waals surface area contributed by atoms with Crippen LogP contribution < -0.4 is 19.5 Å². The van der Waals surface area contributed by atoms with Crippen LogP contribution in [0.5, 0.6) is 11.5 Å². The van der Waals surface area contributed by atoms with Crippen LogP contribution in [0, 0.1) is 12.7 Å². The van der Waals surface area contributed by atoms with Crippen LogP contribution in [0.4, 0.5) is 21.6 Å². The number of nitrogens with zero attached hydrogens (tertiary/aromatic N) is 2. The molecule has 0 aliphatic rings. The second-order valence-electron chi connectivity index (χ2n) is 6.37. The molecule has 0 unspecified atom stereocenters. The summed E-state index contributed by atoms with van der Waals surface area (Å²) in [5, 5.41) is 3.27. The van der Waals surface area contributed by atoms with Gasteiger partial charge in [0.05, 0.1) is 18.1 Å². The van der Waals surface area contributed by atoms with Crippen molar-refractivity contribution in [3.8, 4) is 11.5 Å². The Morgan fingerprint density at radius 2 is 1.83 bits per heavy atom. The van der Waals surface area contributed by atoms with Crippen molar-refractivity contribution < 1.29 is 17.5 Å². The average molecular weight is 431 g/mol.